The van der Waals surface area contributed by atoms with Crippen LogP contribution in [0.3, 0.4) is 0 Å². The van der Waals surface area contributed by atoms with Crippen LogP contribution in [-0.4, -0.2) is 0 Å². The number of benzene rings is 6. The van der Waals surface area contributed by atoms with Gasteiger partial charge in [0.15, 0.2) is 0 Å². The molecule has 48 heavy (non-hydrogen) atoms. The first-order chi connectivity index (χ1) is 22.9. The summed E-state index contributed by atoms with van der Waals surface area (Å²) in [6.45, 7) is 13.5. The van der Waals surface area contributed by atoms with Crippen LogP contribution in [0, 0.1) is 3.57 Å². The number of nitrogens with zero attached hydrogens (tertiary/aromatic N) is 2. The fourth-order valence-electron chi connectivity index (χ4n) is 5.90. The Morgan fingerprint density at radius 1 is 0.375 bits per heavy atom. The van der Waals surface area contributed by atoms with E-state index in [-0.39, 0.29) is 10.8 Å². The largest absolute Gasteiger partial charge is 0.311 e. The Morgan fingerprint density at radius 2 is 0.625 bits per heavy atom. The molecule has 2 nitrogen and oxygen atoms in total. The first-order valence-electron chi connectivity index (χ1n) is 16.4. The maximum Gasteiger partial charge on any atom is 0.0462 e. The van der Waals surface area contributed by atoms with Gasteiger partial charge in [0.2, 0.25) is 0 Å². The lowest BCUT2D eigenvalue weighted by Gasteiger charge is -2.27. The molecule has 4 heteroatoms. The van der Waals surface area contributed by atoms with Crippen LogP contribution in [-0.2, 0) is 10.8 Å². The molecule has 0 unspecified atom stereocenters. The molecular weight excluding hydrogens is 763 g/mol. The minimum absolute atomic E-state index is 0.103. The van der Waals surface area contributed by atoms with Gasteiger partial charge in [-0.25, -0.2) is 0 Å². The van der Waals surface area contributed by atoms with Gasteiger partial charge in [0.05, 0.1) is 0 Å². The van der Waals surface area contributed by atoms with Crippen LogP contribution in [0.5, 0.6) is 0 Å². The van der Waals surface area contributed by atoms with Crippen molar-refractivity contribution in [2.24, 2.45) is 0 Å². The highest BCUT2D eigenvalue weighted by Crippen LogP contribution is 2.39. The molecule has 6 aromatic carbocycles. The molecule has 0 fully saturated rings. The van der Waals surface area contributed by atoms with Gasteiger partial charge in [0, 0.05) is 42.2 Å². The summed E-state index contributed by atoms with van der Waals surface area (Å²) in [5.41, 5.74) is 12.0. The van der Waals surface area contributed by atoms with Gasteiger partial charge < -0.3 is 9.80 Å². The Hall–Kier alpha value is -3.87. The van der Waals surface area contributed by atoms with E-state index in [4.69, 9.17) is 0 Å². The second-order valence-electron chi connectivity index (χ2n) is 14.3. The number of halogens is 2. The quantitative estimate of drug-likeness (QED) is 0.148. The Balaban J connectivity index is 1.31. The third-order valence-electron chi connectivity index (χ3n) is 8.74. The van der Waals surface area contributed by atoms with E-state index >= 15 is 0 Å². The molecule has 6 aromatic rings. The molecule has 0 radical (unpaired) electrons. The zero-order valence-corrected chi connectivity index (χ0v) is 32.3. The summed E-state index contributed by atoms with van der Waals surface area (Å²) in [5.74, 6) is 0. The average molecular weight is 806 g/mol. The van der Waals surface area contributed by atoms with Gasteiger partial charge in [-0.2, -0.15) is 0 Å². The van der Waals surface area contributed by atoms with Crippen molar-refractivity contribution in [3.05, 3.63) is 165 Å². The van der Waals surface area contributed by atoms with Crippen molar-refractivity contribution in [2.75, 3.05) is 9.80 Å². The van der Waals surface area contributed by atoms with E-state index in [2.05, 4.69) is 235 Å². The van der Waals surface area contributed by atoms with Gasteiger partial charge >= 0.3 is 0 Å². The highest BCUT2D eigenvalue weighted by molar-refractivity contribution is 14.1. The van der Waals surface area contributed by atoms with Crippen LogP contribution in [0.15, 0.2) is 150 Å². The van der Waals surface area contributed by atoms with E-state index in [1.54, 1.807) is 0 Å². The molecule has 0 heterocycles. The van der Waals surface area contributed by atoms with Crippen molar-refractivity contribution >= 4 is 72.6 Å². The first-order valence-corrected chi connectivity index (χ1v) is 18.3. The van der Waals surface area contributed by atoms with Crippen LogP contribution in [0.4, 0.5) is 34.1 Å². The van der Waals surface area contributed by atoms with Crippen LogP contribution >= 0.6 is 38.5 Å². The topological polar surface area (TPSA) is 6.48 Å². The van der Waals surface area contributed by atoms with Crippen molar-refractivity contribution in [2.45, 2.75) is 52.4 Å². The van der Waals surface area contributed by atoms with Crippen molar-refractivity contribution in [1.82, 2.24) is 0 Å². The number of hydrogen-bond acceptors (Lipinski definition) is 2. The lowest BCUT2D eigenvalue weighted by Crippen LogP contribution is -2.13. The number of hydrogen-bond donors (Lipinski definition) is 0. The summed E-state index contributed by atoms with van der Waals surface area (Å²) in [5, 5.41) is 0. The van der Waals surface area contributed by atoms with Gasteiger partial charge in [0.1, 0.15) is 0 Å². The summed E-state index contributed by atoms with van der Waals surface area (Å²) < 4.78 is 2.29. The van der Waals surface area contributed by atoms with Crippen LogP contribution in [0.2, 0.25) is 0 Å². The molecule has 0 bridgehead atoms. The lowest BCUT2D eigenvalue weighted by molar-refractivity contribution is 0.590. The Morgan fingerprint density at radius 3 is 0.917 bits per heavy atom. The van der Waals surface area contributed by atoms with Crippen molar-refractivity contribution in [3.8, 4) is 11.1 Å². The van der Waals surface area contributed by atoms with Crippen molar-refractivity contribution in [3.63, 3.8) is 0 Å². The predicted octanol–water partition coefficient (Wildman–Crippen LogP) is 14.3. The van der Waals surface area contributed by atoms with Gasteiger partial charge in [-0.05, 0) is 153 Å². The summed E-state index contributed by atoms with van der Waals surface area (Å²) >= 11 is 5.97. The molecule has 0 aromatic heterocycles. The van der Waals surface area contributed by atoms with E-state index in [9.17, 15) is 0 Å². The van der Waals surface area contributed by atoms with E-state index in [1.165, 1.54) is 25.8 Å². The number of rotatable bonds is 7. The van der Waals surface area contributed by atoms with Crippen molar-refractivity contribution in [1.29, 1.82) is 0 Å². The predicted molar refractivity (Wildman–Crippen MR) is 219 cm³/mol. The molecule has 242 valence electrons. The van der Waals surface area contributed by atoms with Crippen molar-refractivity contribution < 1.29 is 0 Å². The molecule has 0 aliphatic carbocycles. The van der Waals surface area contributed by atoms with Gasteiger partial charge in [-0.3, -0.25) is 0 Å². The third-order valence-corrected chi connectivity index (χ3v) is 9.98. The highest BCUT2D eigenvalue weighted by Gasteiger charge is 2.18. The van der Waals surface area contributed by atoms with Gasteiger partial charge in [0.25, 0.3) is 0 Å². The molecule has 0 saturated heterocycles. The zero-order chi connectivity index (χ0) is 34.1. The minimum Gasteiger partial charge on any atom is -0.311 e. The monoisotopic (exact) mass is 804 g/mol. The molecule has 6 rings (SSSR count). The normalized spacial score (nSPS) is 11.8. The smallest absolute Gasteiger partial charge is 0.0462 e. The molecule has 0 saturated carbocycles. The van der Waals surface area contributed by atoms with E-state index in [0.29, 0.717) is 0 Å². The average Bonchev–Trinajstić information content (AvgIpc) is 3.07. The SMILES string of the molecule is CC(C)(C)c1ccc(N(c2ccc(Br)cc2)c2ccc(-c3ccc(N(c4ccc(I)cc4)c4ccc(C(C)(C)C)cc4)cc3)cc2)cc1. The summed E-state index contributed by atoms with van der Waals surface area (Å²) in [7, 11) is 0. The lowest BCUT2D eigenvalue weighted by atomic mass is 9.87. The van der Waals surface area contributed by atoms with Gasteiger partial charge in [-0.15, -0.1) is 0 Å². The first kappa shape index (κ1) is 34.0. The third kappa shape index (κ3) is 7.71. The number of anilines is 6. The summed E-state index contributed by atoms with van der Waals surface area (Å²) in [6, 6.07) is 52.9. The summed E-state index contributed by atoms with van der Waals surface area (Å²) in [4.78, 5) is 4.64. The molecule has 0 aliphatic rings. The minimum atomic E-state index is 0.103. The van der Waals surface area contributed by atoms with Crippen LogP contribution in [0.25, 0.3) is 11.1 Å². The molecule has 0 amide bonds. The Kier molecular flexibility index (Phi) is 9.87. The second-order valence-corrected chi connectivity index (χ2v) is 16.5. The van der Waals surface area contributed by atoms with E-state index < -0.39 is 0 Å². The maximum atomic E-state index is 3.60. The maximum absolute atomic E-state index is 3.60. The summed E-state index contributed by atoms with van der Waals surface area (Å²) in [6.07, 6.45) is 0. The molecular formula is C44H42BrIN2. The molecule has 0 atom stereocenters. The van der Waals surface area contributed by atoms with E-state index in [1.807, 2.05) is 0 Å². The highest BCUT2D eigenvalue weighted by atomic mass is 127. The zero-order valence-electron chi connectivity index (χ0n) is 28.5. The second kappa shape index (κ2) is 13.9. The van der Waals surface area contributed by atoms with Gasteiger partial charge in [-0.1, -0.05) is 106 Å². The molecule has 0 aliphatic heterocycles. The van der Waals surface area contributed by atoms with E-state index in [0.717, 1.165) is 38.6 Å². The standard InChI is InChI=1S/C44H42BrIN2/c1-43(2,3)33-11-23-39(24-12-33)47(41-27-15-35(45)16-28-41)37-19-7-31(8-20-37)32-9-21-38(22-10-32)48(42-29-17-36(46)18-30-42)40-25-13-34(14-26-40)44(4,5)6/h7-30H,1-6H3. The Bertz CT molecular complexity index is 1800. The Labute approximate surface area is 308 Å². The fourth-order valence-corrected chi connectivity index (χ4v) is 6.53. The molecule has 0 spiro atoms. The molecule has 0 N–H and O–H groups in total. The fraction of sp³-hybridized carbons (Fsp3) is 0.182. The van der Waals surface area contributed by atoms with Crippen LogP contribution in [0.1, 0.15) is 52.7 Å². The van der Waals surface area contributed by atoms with Crippen LogP contribution < -0.4 is 9.80 Å².